The van der Waals surface area contributed by atoms with Crippen LogP contribution < -0.4 is 10.1 Å². The maximum Gasteiger partial charge on any atom is 0.262 e. The normalized spacial score (nSPS) is 10.2. The molecule has 1 N–H and O–H groups in total. The molecule has 104 valence electrons. The van der Waals surface area contributed by atoms with E-state index in [0.717, 1.165) is 0 Å². The highest BCUT2D eigenvalue weighted by Gasteiger charge is 2.06. The van der Waals surface area contributed by atoms with Crippen molar-refractivity contribution in [2.24, 2.45) is 0 Å². The largest absolute Gasteiger partial charge is 0.484 e. The van der Waals surface area contributed by atoms with Crippen molar-refractivity contribution in [3.63, 3.8) is 0 Å². The Morgan fingerprint density at radius 3 is 2.65 bits per heavy atom. The molecule has 0 spiro atoms. The number of ether oxygens (including phenoxy) is 1. The van der Waals surface area contributed by atoms with Crippen LogP contribution >= 0.6 is 15.9 Å². The van der Waals surface area contributed by atoms with E-state index in [9.17, 15) is 13.6 Å². The molecule has 1 amide bonds. The number of hydrogen-bond donors (Lipinski definition) is 1. The van der Waals surface area contributed by atoms with Gasteiger partial charge < -0.3 is 10.1 Å². The Balaban J connectivity index is 1.92. The van der Waals surface area contributed by atoms with E-state index >= 15 is 0 Å². The molecule has 0 radical (unpaired) electrons. The van der Waals surface area contributed by atoms with Crippen molar-refractivity contribution >= 4 is 27.5 Å². The summed E-state index contributed by atoms with van der Waals surface area (Å²) >= 11 is 3.12. The topological polar surface area (TPSA) is 38.3 Å². The summed E-state index contributed by atoms with van der Waals surface area (Å²) in [5, 5.41) is 2.47. The lowest BCUT2D eigenvalue weighted by Gasteiger charge is -2.08. The van der Waals surface area contributed by atoms with Crippen LogP contribution in [0.4, 0.5) is 14.5 Å². The average Bonchev–Trinajstić information content (AvgIpc) is 2.35. The Kier molecular flexibility index (Phi) is 4.68. The molecule has 3 nitrogen and oxygen atoms in total. The fraction of sp³-hybridized carbons (Fsp3) is 0.0714. The summed E-state index contributed by atoms with van der Waals surface area (Å²) in [6, 6.07) is 9.49. The van der Waals surface area contributed by atoms with E-state index in [1.54, 1.807) is 12.1 Å². The van der Waals surface area contributed by atoms with Crippen molar-refractivity contribution in [1.29, 1.82) is 0 Å². The summed E-state index contributed by atoms with van der Waals surface area (Å²) in [5.41, 5.74) is 0.332. The quantitative estimate of drug-likeness (QED) is 0.919. The second-order valence-electron chi connectivity index (χ2n) is 3.95. The van der Waals surface area contributed by atoms with Crippen molar-refractivity contribution in [3.8, 4) is 5.75 Å². The molecule has 2 aromatic rings. The lowest BCUT2D eigenvalue weighted by atomic mass is 10.3. The molecule has 0 atom stereocenters. The minimum Gasteiger partial charge on any atom is -0.484 e. The van der Waals surface area contributed by atoms with Gasteiger partial charge in [0.15, 0.2) is 6.61 Å². The Bertz CT molecular complexity index is 614. The van der Waals surface area contributed by atoms with E-state index in [-0.39, 0.29) is 12.4 Å². The zero-order chi connectivity index (χ0) is 14.5. The first-order valence-electron chi connectivity index (χ1n) is 5.67. The molecular weight excluding hydrogens is 332 g/mol. The van der Waals surface area contributed by atoms with Crippen LogP contribution in [0.15, 0.2) is 46.9 Å². The minimum absolute atomic E-state index is 0.228. The molecule has 0 fully saturated rings. The van der Waals surface area contributed by atoms with E-state index < -0.39 is 17.5 Å². The van der Waals surface area contributed by atoms with Gasteiger partial charge in [0.1, 0.15) is 17.4 Å². The fourth-order valence-electron chi connectivity index (χ4n) is 1.52. The third-order valence-electron chi connectivity index (χ3n) is 2.31. The van der Waals surface area contributed by atoms with Crippen molar-refractivity contribution in [3.05, 3.63) is 58.6 Å². The Hall–Kier alpha value is -1.95. The van der Waals surface area contributed by atoms with E-state index in [0.29, 0.717) is 10.2 Å². The van der Waals surface area contributed by atoms with Crippen molar-refractivity contribution in [2.75, 3.05) is 11.9 Å². The molecule has 0 saturated heterocycles. The molecule has 0 saturated carbocycles. The summed E-state index contributed by atoms with van der Waals surface area (Å²) in [6.07, 6.45) is 0. The van der Waals surface area contributed by atoms with E-state index in [2.05, 4.69) is 21.2 Å². The van der Waals surface area contributed by atoms with Crippen LogP contribution in [0.2, 0.25) is 0 Å². The lowest BCUT2D eigenvalue weighted by Crippen LogP contribution is -2.20. The molecular formula is C14H10BrF2NO2. The van der Waals surface area contributed by atoms with Gasteiger partial charge in [-0.2, -0.15) is 0 Å². The lowest BCUT2D eigenvalue weighted by molar-refractivity contribution is -0.118. The van der Waals surface area contributed by atoms with E-state index in [1.807, 2.05) is 0 Å². The van der Waals surface area contributed by atoms with Crippen molar-refractivity contribution in [2.45, 2.75) is 0 Å². The standard InChI is InChI=1S/C14H10BrF2NO2/c15-9-4-11(17)7-13(5-9)20-8-14(19)18-12-3-1-2-10(16)6-12/h1-7H,8H2,(H,18,19). The summed E-state index contributed by atoms with van der Waals surface area (Å²) in [7, 11) is 0. The first-order chi connectivity index (χ1) is 9.52. The van der Waals surface area contributed by atoms with Crippen LogP contribution in [-0.2, 0) is 4.79 Å². The number of benzene rings is 2. The molecule has 0 unspecified atom stereocenters. The minimum atomic E-state index is -0.472. The number of anilines is 1. The summed E-state index contributed by atoms with van der Waals surface area (Å²) in [6.45, 7) is -0.299. The molecule has 2 aromatic carbocycles. The zero-order valence-electron chi connectivity index (χ0n) is 10.2. The van der Waals surface area contributed by atoms with Gasteiger partial charge in [0.05, 0.1) is 0 Å². The monoisotopic (exact) mass is 341 g/mol. The van der Waals surface area contributed by atoms with Gasteiger partial charge in [0.2, 0.25) is 0 Å². The number of carbonyl (C=O) groups is 1. The van der Waals surface area contributed by atoms with Gasteiger partial charge >= 0.3 is 0 Å². The number of amides is 1. The second-order valence-corrected chi connectivity index (χ2v) is 4.87. The Morgan fingerprint density at radius 1 is 1.15 bits per heavy atom. The fourth-order valence-corrected chi connectivity index (χ4v) is 1.97. The molecule has 0 aromatic heterocycles. The maximum atomic E-state index is 13.1. The third kappa shape index (κ3) is 4.31. The molecule has 6 heteroatoms. The number of carbonyl (C=O) groups excluding carboxylic acids is 1. The molecule has 0 aliphatic heterocycles. The first kappa shape index (κ1) is 14.5. The van der Waals surface area contributed by atoms with Gasteiger partial charge in [-0.25, -0.2) is 8.78 Å². The summed E-state index contributed by atoms with van der Waals surface area (Å²) in [5.74, 6) is -1.15. The van der Waals surface area contributed by atoms with E-state index in [1.165, 1.54) is 30.3 Å². The van der Waals surface area contributed by atoms with Crippen LogP contribution in [0.25, 0.3) is 0 Å². The van der Waals surface area contributed by atoms with Crippen LogP contribution in [0, 0.1) is 11.6 Å². The molecule has 2 rings (SSSR count). The van der Waals surface area contributed by atoms with Gasteiger partial charge in [-0.15, -0.1) is 0 Å². The zero-order valence-corrected chi connectivity index (χ0v) is 11.8. The van der Waals surface area contributed by atoms with Crippen molar-refractivity contribution < 1.29 is 18.3 Å². The van der Waals surface area contributed by atoms with Gasteiger partial charge in [-0.3, -0.25) is 4.79 Å². The number of nitrogens with one attached hydrogen (secondary N) is 1. The Labute approximate surface area is 122 Å². The predicted octanol–water partition coefficient (Wildman–Crippen LogP) is 3.74. The highest BCUT2D eigenvalue weighted by Crippen LogP contribution is 2.20. The van der Waals surface area contributed by atoms with Gasteiger partial charge in [-0.1, -0.05) is 22.0 Å². The molecule has 0 bridgehead atoms. The van der Waals surface area contributed by atoms with Crippen LogP contribution in [0.1, 0.15) is 0 Å². The van der Waals surface area contributed by atoms with E-state index in [4.69, 9.17) is 4.74 Å². The third-order valence-corrected chi connectivity index (χ3v) is 2.77. The second kappa shape index (κ2) is 6.47. The smallest absolute Gasteiger partial charge is 0.262 e. The molecule has 0 aliphatic carbocycles. The van der Waals surface area contributed by atoms with Crippen molar-refractivity contribution in [1.82, 2.24) is 0 Å². The van der Waals surface area contributed by atoms with Crippen LogP contribution in [0.5, 0.6) is 5.75 Å². The van der Waals surface area contributed by atoms with Gasteiger partial charge in [0, 0.05) is 16.2 Å². The summed E-state index contributed by atoms with van der Waals surface area (Å²) in [4.78, 5) is 11.6. The first-order valence-corrected chi connectivity index (χ1v) is 6.46. The van der Waals surface area contributed by atoms with Gasteiger partial charge in [0.25, 0.3) is 5.91 Å². The average molecular weight is 342 g/mol. The molecule has 20 heavy (non-hydrogen) atoms. The number of rotatable bonds is 4. The van der Waals surface area contributed by atoms with Crippen LogP contribution in [0.3, 0.4) is 0 Å². The SMILES string of the molecule is O=C(COc1cc(F)cc(Br)c1)Nc1cccc(F)c1. The highest BCUT2D eigenvalue weighted by atomic mass is 79.9. The van der Waals surface area contributed by atoms with Crippen LogP contribution in [-0.4, -0.2) is 12.5 Å². The highest BCUT2D eigenvalue weighted by molar-refractivity contribution is 9.10. The number of halogens is 3. The van der Waals surface area contributed by atoms with Gasteiger partial charge in [-0.05, 0) is 30.3 Å². The maximum absolute atomic E-state index is 13.1. The summed E-state index contributed by atoms with van der Waals surface area (Å²) < 4.78 is 31.7. The number of hydrogen-bond acceptors (Lipinski definition) is 2. The predicted molar refractivity (Wildman–Crippen MR) is 74.6 cm³/mol. The molecule has 0 heterocycles. The molecule has 0 aliphatic rings. The Morgan fingerprint density at radius 2 is 1.95 bits per heavy atom.